The third-order valence-corrected chi connectivity index (χ3v) is 9.52. The summed E-state index contributed by atoms with van der Waals surface area (Å²) in [7, 11) is 0. The van der Waals surface area contributed by atoms with Crippen LogP contribution in [-0.4, -0.2) is 67.3 Å². The minimum atomic E-state index is -0.353. The van der Waals surface area contributed by atoms with Gasteiger partial charge in [-0.3, -0.25) is 4.79 Å². The molecule has 0 spiro atoms. The highest BCUT2D eigenvalue weighted by atomic mass is 16.7. The molecule has 1 fully saturated rings. The van der Waals surface area contributed by atoms with Gasteiger partial charge in [0, 0.05) is 26.3 Å². The number of nitrogens with zero attached hydrogens (tertiary/aromatic N) is 1. The Morgan fingerprint density at radius 3 is 1.43 bits per heavy atom. The van der Waals surface area contributed by atoms with Crippen molar-refractivity contribution in [1.29, 1.82) is 0 Å². The van der Waals surface area contributed by atoms with Crippen LogP contribution >= 0.6 is 0 Å². The van der Waals surface area contributed by atoms with Crippen molar-refractivity contribution in [1.82, 2.24) is 4.90 Å². The number of amides is 1. The van der Waals surface area contributed by atoms with E-state index in [1.807, 2.05) is 20.8 Å². The molecule has 1 aliphatic rings. The number of likely N-dealkylation sites (tertiary alicyclic amines) is 1. The minimum absolute atomic E-state index is 0.0310. The van der Waals surface area contributed by atoms with E-state index < -0.39 is 0 Å². The largest absolute Gasteiger partial charge is 0.391 e. The number of hydrogen-bond acceptors (Lipinski definition) is 5. The van der Waals surface area contributed by atoms with E-state index in [4.69, 9.17) is 14.2 Å². The van der Waals surface area contributed by atoms with Crippen LogP contribution in [0, 0.1) is 0 Å². The second-order valence-electron chi connectivity index (χ2n) is 16.1. The van der Waals surface area contributed by atoms with Crippen LogP contribution in [0.5, 0.6) is 0 Å². The number of allylic oxidation sites excluding steroid dienone is 8. The predicted molar refractivity (Wildman–Crippen MR) is 233 cm³/mol. The number of rotatable bonds is 35. The number of carbonyl (C=O) groups is 1. The van der Waals surface area contributed by atoms with Crippen molar-refractivity contribution in [2.45, 2.75) is 213 Å². The fourth-order valence-corrected chi connectivity index (χ4v) is 6.06. The minimum Gasteiger partial charge on any atom is -0.391 e. The van der Waals surface area contributed by atoms with Gasteiger partial charge in [0.25, 0.3) is 0 Å². The Hall–Kier alpha value is -1.73. The molecule has 0 saturated carbocycles. The van der Waals surface area contributed by atoms with Crippen molar-refractivity contribution in [3.8, 4) is 0 Å². The average molecular weight is 760 g/mol. The van der Waals surface area contributed by atoms with Crippen LogP contribution in [-0.2, 0) is 19.0 Å². The summed E-state index contributed by atoms with van der Waals surface area (Å²) in [4.78, 5) is 13.2. The monoisotopic (exact) mass is 760 g/mol. The molecule has 0 aliphatic carbocycles. The van der Waals surface area contributed by atoms with Crippen molar-refractivity contribution in [2.75, 3.05) is 39.7 Å². The molecule has 1 unspecified atom stereocenters. The van der Waals surface area contributed by atoms with Gasteiger partial charge < -0.3 is 24.2 Å². The number of unbranched alkanes of at least 4 members (excludes halogenated alkanes) is 19. The molecule has 1 heterocycles. The molecular formula is C48H89NO5. The fourth-order valence-electron chi connectivity index (χ4n) is 6.06. The van der Waals surface area contributed by atoms with Gasteiger partial charge in [0.1, 0.15) is 13.4 Å². The Kier molecular flexibility index (Phi) is 39.6. The van der Waals surface area contributed by atoms with E-state index in [9.17, 15) is 9.90 Å². The van der Waals surface area contributed by atoms with Gasteiger partial charge in [-0.05, 0) is 111 Å². The number of hydrogen-bond donors (Lipinski definition) is 1. The average Bonchev–Trinajstić information content (AvgIpc) is 3.60. The molecule has 0 aromatic carbocycles. The number of aliphatic hydroxyl groups is 1. The van der Waals surface area contributed by atoms with E-state index in [1.165, 1.54) is 154 Å². The lowest BCUT2D eigenvalue weighted by atomic mass is 10.1. The molecule has 1 amide bonds. The van der Waals surface area contributed by atoms with Crippen molar-refractivity contribution in [2.24, 2.45) is 0 Å². The first-order chi connectivity index (χ1) is 26.3. The Labute approximate surface area is 335 Å². The zero-order chi connectivity index (χ0) is 39.6. The summed E-state index contributed by atoms with van der Waals surface area (Å²) in [6, 6.07) is 0. The lowest BCUT2D eigenvalue weighted by molar-refractivity contribution is -0.140. The molecule has 1 N–H and O–H groups in total. The summed E-state index contributed by atoms with van der Waals surface area (Å²) in [6.45, 7) is 13.6. The quantitative estimate of drug-likeness (QED) is 0.0396. The van der Waals surface area contributed by atoms with Gasteiger partial charge in [0.05, 0.1) is 11.7 Å². The highest BCUT2D eigenvalue weighted by molar-refractivity contribution is 5.77. The summed E-state index contributed by atoms with van der Waals surface area (Å²) in [5, 5.41) is 9.24. The second-order valence-corrected chi connectivity index (χ2v) is 16.1. The molecule has 316 valence electrons. The van der Waals surface area contributed by atoms with Gasteiger partial charge in [0.2, 0.25) is 5.91 Å². The zero-order valence-electron chi connectivity index (χ0n) is 36.4. The van der Waals surface area contributed by atoms with Crippen LogP contribution in [0.1, 0.15) is 202 Å². The number of ether oxygens (including phenoxy) is 3. The Bertz CT molecular complexity index is 905. The van der Waals surface area contributed by atoms with E-state index in [-0.39, 0.29) is 24.2 Å². The molecule has 0 bridgehead atoms. The Morgan fingerprint density at radius 1 is 0.593 bits per heavy atom. The third kappa shape index (κ3) is 41.4. The predicted octanol–water partition coefficient (Wildman–Crippen LogP) is 13.4. The summed E-state index contributed by atoms with van der Waals surface area (Å²) in [6.07, 6.45) is 51.4. The first-order valence-electron chi connectivity index (χ1n) is 22.6. The van der Waals surface area contributed by atoms with Gasteiger partial charge in [-0.2, -0.15) is 0 Å². The lowest BCUT2D eigenvalue weighted by Gasteiger charge is -2.22. The molecule has 0 aromatic rings. The molecule has 0 radical (unpaired) electrons. The molecular weight excluding hydrogens is 671 g/mol. The maximum atomic E-state index is 11.5. The van der Waals surface area contributed by atoms with Crippen LogP contribution in [0.15, 0.2) is 48.6 Å². The van der Waals surface area contributed by atoms with Gasteiger partial charge in [-0.1, -0.05) is 140 Å². The summed E-state index contributed by atoms with van der Waals surface area (Å²) >= 11 is 0. The van der Waals surface area contributed by atoms with Crippen molar-refractivity contribution in [3.63, 3.8) is 0 Å². The second kappa shape index (κ2) is 40.9. The van der Waals surface area contributed by atoms with Gasteiger partial charge in [-0.25, -0.2) is 0 Å². The van der Waals surface area contributed by atoms with Crippen LogP contribution in [0.2, 0.25) is 0 Å². The van der Waals surface area contributed by atoms with E-state index >= 15 is 0 Å². The number of β-amino-alcohol motifs (C(OH)–C–C–N with tert-alkyl or cyclic N) is 1. The molecule has 1 aliphatic heterocycles. The third-order valence-electron chi connectivity index (χ3n) is 9.52. The number of carbonyl (C=O) groups excluding carboxylic acids is 1. The maximum Gasteiger partial charge on any atom is 0.248 e. The molecule has 6 nitrogen and oxygen atoms in total. The maximum absolute atomic E-state index is 11.5. The fraction of sp³-hybridized carbons (Fsp3) is 0.812. The van der Waals surface area contributed by atoms with Gasteiger partial charge in [-0.15, -0.1) is 0 Å². The van der Waals surface area contributed by atoms with Crippen LogP contribution < -0.4 is 0 Å². The number of aliphatic hydroxyl groups excluding tert-OH is 1. The summed E-state index contributed by atoms with van der Waals surface area (Å²) in [5.41, 5.74) is -0.284. The molecule has 1 saturated heterocycles. The lowest BCUT2D eigenvalue weighted by Crippen LogP contribution is -2.35. The highest BCUT2D eigenvalue weighted by Gasteiger charge is 2.25. The summed E-state index contributed by atoms with van der Waals surface area (Å²) < 4.78 is 16.6. The first-order valence-corrected chi connectivity index (χ1v) is 22.6. The normalized spacial score (nSPS) is 15.1. The Morgan fingerprint density at radius 2 is 1.00 bits per heavy atom. The van der Waals surface area contributed by atoms with Crippen LogP contribution in [0.25, 0.3) is 0 Å². The molecule has 0 aromatic heterocycles. The molecule has 1 atom stereocenters. The van der Waals surface area contributed by atoms with Gasteiger partial charge in [0.15, 0.2) is 0 Å². The van der Waals surface area contributed by atoms with Crippen LogP contribution in [0.3, 0.4) is 0 Å². The SMILES string of the molecule is CC(C)(C)OCC(=O)N1CCC(O)C1.CCCCCC=CCC/C=C\CCCCCCCCOCOCCCCCCCC/C=C\C/C=C\CCCCC. The smallest absolute Gasteiger partial charge is 0.248 e. The van der Waals surface area contributed by atoms with Crippen molar-refractivity contribution < 1.29 is 24.1 Å². The van der Waals surface area contributed by atoms with Crippen molar-refractivity contribution in [3.05, 3.63) is 48.6 Å². The molecule has 1 rings (SSSR count). The zero-order valence-corrected chi connectivity index (χ0v) is 36.4. The standard InChI is InChI=1S/C38H70O2.C10H19NO3/c1-3-5-7-9-11-13-15-17-19-21-23-25-27-29-31-33-35-37-40-38-39-36-34-32-30-28-26-24-22-20-18-16-14-12-10-8-6-4-2;1-10(2,3)14-7-9(13)11-5-4-8(12)6-11/h11-14,18-21H,3-10,15-17,22-38H2,1-2H3;8,12H,4-7H2,1-3H3/b13-11?,14-12-,20-18-,21-19-;. The van der Waals surface area contributed by atoms with Crippen LogP contribution in [0.4, 0.5) is 0 Å². The van der Waals surface area contributed by atoms with E-state index in [0.717, 1.165) is 19.6 Å². The van der Waals surface area contributed by atoms with E-state index in [0.29, 0.717) is 26.3 Å². The molecule has 54 heavy (non-hydrogen) atoms. The van der Waals surface area contributed by atoms with E-state index in [1.54, 1.807) is 4.90 Å². The highest BCUT2D eigenvalue weighted by Crippen LogP contribution is 2.12. The topological polar surface area (TPSA) is 68.2 Å². The van der Waals surface area contributed by atoms with E-state index in [2.05, 4.69) is 62.5 Å². The summed E-state index contributed by atoms with van der Waals surface area (Å²) in [5.74, 6) is -0.0310. The Balaban J connectivity index is 0.00000166. The molecule has 6 heteroatoms. The van der Waals surface area contributed by atoms with Crippen molar-refractivity contribution >= 4 is 5.91 Å². The van der Waals surface area contributed by atoms with Gasteiger partial charge >= 0.3 is 0 Å². The first kappa shape index (κ1) is 52.3.